The molecule has 0 N–H and O–H groups in total. The highest BCUT2D eigenvalue weighted by molar-refractivity contribution is 4.67. The molecule has 1 aliphatic rings. The van der Waals surface area contributed by atoms with Gasteiger partial charge in [0, 0.05) is 0 Å². The predicted octanol–water partition coefficient (Wildman–Crippen LogP) is 3.81. The normalized spacial score (nSPS) is 19.4. The summed E-state index contributed by atoms with van der Waals surface area (Å²) in [6.07, 6.45) is 7.46. The molecule has 0 heterocycles. The first-order chi connectivity index (χ1) is 5.30. The van der Waals surface area contributed by atoms with E-state index in [1.54, 1.807) is 0 Å². The van der Waals surface area contributed by atoms with E-state index in [2.05, 4.69) is 13.8 Å². The van der Waals surface area contributed by atoms with Crippen molar-refractivity contribution in [2.24, 2.45) is 11.8 Å². The molecule has 0 spiro atoms. The summed E-state index contributed by atoms with van der Waals surface area (Å²) in [5.41, 5.74) is 0. The van der Waals surface area contributed by atoms with Gasteiger partial charge >= 0.3 is 0 Å². The van der Waals surface area contributed by atoms with Gasteiger partial charge in [0.25, 0.3) is 0 Å². The van der Waals surface area contributed by atoms with Gasteiger partial charge in [-0.1, -0.05) is 46.0 Å². The Hall–Kier alpha value is -0.0700. The topological polar surface area (TPSA) is 0 Å². The molecule has 0 bridgehead atoms. The van der Waals surface area contributed by atoms with E-state index in [9.17, 15) is 4.39 Å². The lowest BCUT2D eigenvalue weighted by Gasteiger charge is -2.24. The van der Waals surface area contributed by atoms with Crippen LogP contribution in [0.4, 0.5) is 4.39 Å². The van der Waals surface area contributed by atoms with E-state index in [-0.39, 0.29) is 0 Å². The summed E-state index contributed by atoms with van der Waals surface area (Å²) < 4.78 is 9.50. The van der Waals surface area contributed by atoms with Gasteiger partial charge in [0.2, 0.25) is 0 Å². The molecule has 1 aliphatic carbocycles. The van der Waals surface area contributed by atoms with E-state index >= 15 is 0 Å². The summed E-state index contributed by atoms with van der Waals surface area (Å²) in [4.78, 5) is 0. The molecule has 0 atom stereocenters. The van der Waals surface area contributed by atoms with Crippen molar-refractivity contribution in [1.82, 2.24) is 0 Å². The van der Waals surface area contributed by atoms with Gasteiger partial charge in [0.05, 0.1) is 7.18 Å². The minimum atomic E-state index is 0.500. The highest BCUT2D eigenvalue weighted by Gasteiger charge is 2.15. The molecule has 0 unspecified atom stereocenters. The third-order valence-electron chi connectivity index (χ3n) is 2.59. The van der Waals surface area contributed by atoms with Crippen molar-refractivity contribution >= 4 is 0 Å². The number of halogens is 1. The maximum atomic E-state index is 9.50. The summed E-state index contributed by atoms with van der Waals surface area (Å²) in [5, 5.41) is 0. The molecule has 1 fully saturated rings. The minimum Gasteiger partial charge on any atom is -0.255 e. The molecule has 0 aromatic rings. The summed E-state index contributed by atoms with van der Waals surface area (Å²) in [6, 6.07) is 0. The van der Waals surface area contributed by atoms with Crippen molar-refractivity contribution in [3.8, 4) is 0 Å². The Morgan fingerprint density at radius 1 is 1.00 bits per heavy atom. The van der Waals surface area contributed by atoms with E-state index in [0.29, 0.717) is 7.18 Å². The zero-order chi connectivity index (χ0) is 8.69. The Labute approximate surface area is 70.2 Å². The molecule has 0 amide bonds. The smallest absolute Gasteiger partial charge is 0.0785 e. The van der Waals surface area contributed by atoms with Crippen LogP contribution in [0.3, 0.4) is 0 Å². The Bertz CT molecular complexity index is 72.9. The Morgan fingerprint density at radius 3 is 1.73 bits per heavy atom. The average molecular weight is 160 g/mol. The fourth-order valence-electron chi connectivity index (χ4n) is 1.80. The minimum absolute atomic E-state index is 0.500. The highest BCUT2D eigenvalue weighted by Crippen LogP contribution is 2.29. The summed E-state index contributed by atoms with van der Waals surface area (Å²) in [7, 11) is 0.500. The van der Waals surface area contributed by atoms with Crippen LogP contribution in [0.1, 0.15) is 46.0 Å². The van der Waals surface area contributed by atoms with Crippen LogP contribution < -0.4 is 0 Å². The van der Waals surface area contributed by atoms with Crippen molar-refractivity contribution in [2.45, 2.75) is 46.0 Å². The van der Waals surface area contributed by atoms with Gasteiger partial charge < -0.3 is 0 Å². The van der Waals surface area contributed by atoms with Crippen LogP contribution in [0, 0.1) is 11.8 Å². The van der Waals surface area contributed by atoms with Crippen molar-refractivity contribution in [1.29, 1.82) is 0 Å². The van der Waals surface area contributed by atoms with Gasteiger partial charge in [-0.15, -0.1) is 0 Å². The molecule has 0 aliphatic heterocycles. The zero-order valence-corrected chi connectivity index (χ0v) is 8.07. The second-order valence-electron chi connectivity index (χ2n) is 3.64. The molecule has 0 saturated heterocycles. The average Bonchev–Trinajstić information content (AvgIpc) is 2.10. The van der Waals surface area contributed by atoms with Crippen molar-refractivity contribution in [3.63, 3.8) is 0 Å². The van der Waals surface area contributed by atoms with Crippen molar-refractivity contribution in [3.05, 3.63) is 0 Å². The van der Waals surface area contributed by atoms with Crippen LogP contribution in [-0.4, -0.2) is 7.18 Å². The van der Waals surface area contributed by atoms with Gasteiger partial charge in [-0.3, -0.25) is 4.39 Å². The first kappa shape index (κ1) is 10.9. The lowest BCUT2D eigenvalue weighted by molar-refractivity contribution is 0.279. The third kappa shape index (κ3) is 4.39. The van der Waals surface area contributed by atoms with Crippen molar-refractivity contribution < 1.29 is 4.39 Å². The summed E-state index contributed by atoms with van der Waals surface area (Å²) in [5.74, 6) is 1.99. The monoisotopic (exact) mass is 160 g/mol. The summed E-state index contributed by atoms with van der Waals surface area (Å²) in [6.45, 7) is 4.71. The Balaban J connectivity index is 0.000000461. The number of hydrogen-bond donors (Lipinski definition) is 0. The van der Waals surface area contributed by atoms with E-state index < -0.39 is 0 Å². The van der Waals surface area contributed by atoms with Crippen LogP contribution in [-0.2, 0) is 0 Å². The zero-order valence-electron chi connectivity index (χ0n) is 8.07. The number of hydrogen-bond acceptors (Lipinski definition) is 0. The van der Waals surface area contributed by atoms with E-state index in [1.807, 2.05) is 0 Å². The maximum Gasteiger partial charge on any atom is 0.0785 e. The standard InChI is InChI=1S/C9H18.CH3F/c1-8(2)9-6-4-3-5-7-9;1-2/h8-9H,3-7H2,1-2H3;1H3. The fraction of sp³-hybridized carbons (Fsp3) is 1.00. The molecule has 68 valence electrons. The Kier molecular flexibility index (Phi) is 6.59. The molecule has 0 aromatic carbocycles. The number of rotatable bonds is 1. The third-order valence-corrected chi connectivity index (χ3v) is 2.59. The van der Waals surface area contributed by atoms with Gasteiger partial charge in [0.1, 0.15) is 0 Å². The maximum absolute atomic E-state index is 9.50. The SMILES string of the molecule is CC(C)C1CCCCC1.CF. The largest absolute Gasteiger partial charge is 0.255 e. The van der Waals surface area contributed by atoms with Crippen LogP contribution in [0.25, 0.3) is 0 Å². The fourth-order valence-corrected chi connectivity index (χ4v) is 1.80. The van der Waals surface area contributed by atoms with E-state index in [1.165, 1.54) is 32.1 Å². The van der Waals surface area contributed by atoms with Gasteiger partial charge in [-0.25, -0.2) is 0 Å². The van der Waals surface area contributed by atoms with Crippen LogP contribution >= 0.6 is 0 Å². The van der Waals surface area contributed by atoms with Crippen LogP contribution in [0.2, 0.25) is 0 Å². The first-order valence-corrected chi connectivity index (χ1v) is 4.68. The lowest BCUT2D eigenvalue weighted by atomic mass is 9.82. The molecule has 0 aromatic heterocycles. The molecule has 1 rings (SSSR count). The second-order valence-corrected chi connectivity index (χ2v) is 3.64. The van der Waals surface area contributed by atoms with E-state index in [0.717, 1.165) is 11.8 Å². The van der Waals surface area contributed by atoms with Crippen LogP contribution in [0.5, 0.6) is 0 Å². The quantitative estimate of drug-likeness (QED) is 0.547. The molecular weight excluding hydrogens is 139 g/mol. The van der Waals surface area contributed by atoms with Gasteiger partial charge in [-0.05, 0) is 11.8 Å². The van der Waals surface area contributed by atoms with E-state index in [4.69, 9.17) is 0 Å². The highest BCUT2D eigenvalue weighted by atomic mass is 19.1. The molecule has 0 nitrogen and oxygen atoms in total. The van der Waals surface area contributed by atoms with Gasteiger partial charge in [0.15, 0.2) is 0 Å². The summed E-state index contributed by atoms with van der Waals surface area (Å²) >= 11 is 0. The van der Waals surface area contributed by atoms with Crippen molar-refractivity contribution in [2.75, 3.05) is 7.18 Å². The molecule has 1 saturated carbocycles. The second kappa shape index (κ2) is 6.63. The van der Waals surface area contributed by atoms with Crippen LogP contribution in [0.15, 0.2) is 0 Å². The molecular formula is C10H21F. The molecule has 1 heteroatoms. The molecule has 11 heavy (non-hydrogen) atoms. The Morgan fingerprint density at radius 2 is 1.45 bits per heavy atom. The van der Waals surface area contributed by atoms with Gasteiger partial charge in [-0.2, -0.15) is 0 Å². The first-order valence-electron chi connectivity index (χ1n) is 4.68. The lowest BCUT2D eigenvalue weighted by Crippen LogP contribution is -2.12. The predicted molar refractivity (Wildman–Crippen MR) is 48.4 cm³/mol. The number of alkyl halides is 1. The molecule has 0 radical (unpaired) electrons.